The number of hydrogen-bond acceptors (Lipinski definition) is 6. The molecule has 2 aromatic rings. The van der Waals surface area contributed by atoms with Crippen molar-refractivity contribution in [2.45, 2.75) is 4.90 Å². The number of piperazine rings is 1. The van der Waals surface area contributed by atoms with Gasteiger partial charge in [0.15, 0.2) is 0 Å². The Bertz CT molecular complexity index is 1170. The minimum atomic E-state index is -3.82. The Labute approximate surface area is 192 Å². The fourth-order valence-corrected chi connectivity index (χ4v) is 5.50. The molecule has 1 fully saturated rings. The van der Waals surface area contributed by atoms with Crippen molar-refractivity contribution in [2.75, 3.05) is 47.0 Å². The molecule has 0 N–H and O–H groups in total. The number of nitrogens with zero attached hydrogens (tertiary/aromatic N) is 2. The molecule has 4 rings (SSSR count). The lowest BCUT2D eigenvalue weighted by molar-refractivity contribution is -0.128. The van der Waals surface area contributed by atoms with Gasteiger partial charge in [-0.2, -0.15) is 4.31 Å². The van der Waals surface area contributed by atoms with E-state index in [-0.39, 0.29) is 49.3 Å². The lowest BCUT2D eigenvalue weighted by atomic mass is 10.1. The van der Waals surface area contributed by atoms with Crippen LogP contribution in [0.15, 0.2) is 46.9 Å². The molecule has 32 heavy (non-hydrogen) atoms. The fraction of sp³-hybridized carbons (Fsp3) is 0.318. The van der Waals surface area contributed by atoms with Gasteiger partial charge in [-0.1, -0.05) is 11.6 Å². The quantitative estimate of drug-likeness (QED) is 0.656. The van der Waals surface area contributed by atoms with Crippen LogP contribution in [0, 0.1) is 0 Å². The van der Waals surface area contributed by atoms with Crippen molar-refractivity contribution >= 4 is 33.6 Å². The Morgan fingerprint density at radius 2 is 1.78 bits per heavy atom. The van der Waals surface area contributed by atoms with Crippen molar-refractivity contribution in [3.63, 3.8) is 0 Å². The SMILES string of the molecule is COc1ccc(OC)c(S(=O)(=O)N2CCN(C(=O)C3=Cc4cc(Cl)ccc4OC3)CC2)c1. The average molecular weight is 479 g/mol. The van der Waals surface area contributed by atoms with Crippen molar-refractivity contribution in [1.82, 2.24) is 9.21 Å². The van der Waals surface area contributed by atoms with Crippen LogP contribution in [0.4, 0.5) is 0 Å². The summed E-state index contributed by atoms with van der Waals surface area (Å²) in [6.07, 6.45) is 1.78. The van der Waals surface area contributed by atoms with Gasteiger partial charge in [0.05, 0.1) is 19.8 Å². The standard InChI is InChI=1S/C22H23ClN2O6S/c1-29-18-4-6-20(30-2)21(13-18)32(27,28)25-9-7-24(8-10-25)22(26)16-11-15-12-17(23)3-5-19(15)31-14-16/h3-6,11-13H,7-10,14H2,1-2H3. The lowest BCUT2D eigenvalue weighted by Gasteiger charge is -2.35. The molecule has 0 atom stereocenters. The van der Waals surface area contributed by atoms with Gasteiger partial charge in [-0.15, -0.1) is 0 Å². The third-order valence-electron chi connectivity index (χ3n) is 5.47. The number of sulfonamides is 1. The first-order chi connectivity index (χ1) is 15.3. The van der Waals surface area contributed by atoms with Crippen molar-refractivity contribution in [1.29, 1.82) is 0 Å². The number of hydrogen-bond donors (Lipinski definition) is 0. The van der Waals surface area contributed by atoms with Gasteiger partial charge in [0.2, 0.25) is 10.0 Å². The highest BCUT2D eigenvalue weighted by molar-refractivity contribution is 7.89. The molecule has 0 bridgehead atoms. The first kappa shape index (κ1) is 22.4. The molecule has 2 aromatic carbocycles. The number of methoxy groups -OCH3 is 2. The number of benzene rings is 2. The highest BCUT2D eigenvalue weighted by Crippen LogP contribution is 2.32. The Hall–Kier alpha value is -2.75. The van der Waals surface area contributed by atoms with Crippen molar-refractivity contribution in [3.8, 4) is 17.2 Å². The minimum absolute atomic E-state index is 0.0380. The molecule has 0 spiro atoms. The Kier molecular flexibility index (Phi) is 6.32. The molecule has 2 aliphatic rings. The number of carbonyl (C=O) groups excluding carboxylic acids is 1. The average Bonchev–Trinajstić information content (AvgIpc) is 2.82. The van der Waals surface area contributed by atoms with E-state index >= 15 is 0 Å². The summed E-state index contributed by atoms with van der Waals surface area (Å²) in [5.74, 6) is 1.16. The summed E-state index contributed by atoms with van der Waals surface area (Å²) < 4.78 is 43.9. The second kappa shape index (κ2) is 9.01. The summed E-state index contributed by atoms with van der Waals surface area (Å²) in [7, 11) is -0.930. The molecule has 0 aromatic heterocycles. The molecule has 0 aliphatic carbocycles. The van der Waals surface area contributed by atoms with Crippen molar-refractivity contribution < 1.29 is 27.4 Å². The number of ether oxygens (including phenoxy) is 3. The largest absolute Gasteiger partial charge is 0.497 e. The molecule has 2 heterocycles. The van der Waals surface area contributed by atoms with Gasteiger partial charge in [-0.25, -0.2) is 8.42 Å². The summed E-state index contributed by atoms with van der Waals surface area (Å²) in [6.45, 7) is 1.04. The summed E-state index contributed by atoms with van der Waals surface area (Å²) in [6, 6.07) is 9.89. The van der Waals surface area contributed by atoms with Crippen LogP contribution in [0.5, 0.6) is 17.2 Å². The number of amides is 1. The van der Waals surface area contributed by atoms with Crippen LogP contribution >= 0.6 is 11.6 Å². The number of halogens is 1. The highest BCUT2D eigenvalue weighted by atomic mass is 35.5. The summed E-state index contributed by atoms with van der Waals surface area (Å²) >= 11 is 6.04. The highest BCUT2D eigenvalue weighted by Gasteiger charge is 2.33. The van der Waals surface area contributed by atoms with E-state index in [1.165, 1.54) is 24.6 Å². The third-order valence-corrected chi connectivity index (χ3v) is 7.63. The first-order valence-corrected chi connectivity index (χ1v) is 11.8. The van der Waals surface area contributed by atoms with Crippen LogP contribution in [0.1, 0.15) is 5.56 Å². The van der Waals surface area contributed by atoms with Gasteiger partial charge in [-0.05, 0) is 36.4 Å². The lowest BCUT2D eigenvalue weighted by Crippen LogP contribution is -2.51. The second-order valence-electron chi connectivity index (χ2n) is 7.35. The Balaban J connectivity index is 1.48. The monoisotopic (exact) mass is 478 g/mol. The van der Waals surface area contributed by atoms with Crippen molar-refractivity contribution in [3.05, 3.63) is 52.6 Å². The minimum Gasteiger partial charge on any atom is -0.497 e. The predicted octanol–water partition coefficient (Wildman–Crippen LogP) is 2.67. The summed E-state index contributed by atoms with van der Waals surface area (Å²) in [5, 5.41) is 0.559. The van der Waals surface area contributed by atoms with E-state index in [0.717, 1.165) is 5.56 Å². The van der Waals surface area contributed by atoms with Gasteiger partial charge in [0.25, 0.3) is 5.91 Å². The van der Waals surface area contributed by atoms with E-state index in [1.807, 2.05) is 0 Å². The van der Waals surface area contributed by atoms with Gasteiger partial charge < -0.3 is 19.1 Å². The van der Waals surface area contributed by atoms with Crippen LogP contribution in [0.25, 0.3) is 6.08 Å². The maximum atomic E-state index is 13.2. The molecular formula is C22H23ClN2O6S. The molecule has 1 amide bonds. The molecule has 0 radical (unpaired) electrons. The zero-order chi connectivity index (χ0) is 22.9. The van der Waals surface area contributed by atoms with E-state index in [9.17, 15) is 13.2 Å². The maximum absolute atomic E-state index is 13.2. The van der Waals surface area contributed by atoms with E-state index in [2.05, 4.69) is 0 Å². The molecule has 8 nitrogen and oxygen atoms in total. The van der Waals surface area contributed by atoms with Crippen LogP contribution in [0.2, 0.25) is 5.02 Å². The Morgan fingerprint density at radius 3 is 2.47 bits per heavy atom. The van der Waals surface area contributed by atoms with Gasteiger partial charge in [0, 0.05) is 42.8 Å². The number of fused-ring (bicyclic) bond motifs is 1. The van der Waals surface area contributed by atoms with E-state index in [1.54, 1.807) is 41.3 Å². The smallest absolute Gasteiger partial charge is 0.253 e. The van der Waals surface area contributed by atoms with E-state index < -0.39 is 10.0 Å². The molecule has 2 aliphatic heterocycles. The van der Waals surface area contributed by atoms with Gasteiger partial charge >= 0.3 is 0 Å². The molecular weight excluding hydrogens is 456 g/mol. The summed E-state index contributed by atoms with van der Waals surface area (Å²) in [4.78, 5) is 14.7. The van der Waals surface area contributed by atoms with Crippen molar-refractivity contribution in [2.24, 2.45) is 0 Å². The van der Waals surface area contributed by atoms with Gasteiger partial charge in [-0.3, -0.25) is 4.79 Å². The topological polar surface area (TPSA) is 85.4 Å². The Morgan fingerprint density at radius 1 is 1.03 bits per heavy atom. The third kappa shape index (κ3) is 4.28. The zero-order valence-corrected chi connectivity index (χ0v) is 19.3. The number of rotatable bonds is 5. The van der Waals surface area contributed by atoms with E-state index in [0.29, 0.717) is 22.1 Å². The number of carbonyl (C=O) groups is 1. The fourth-order valence-electron chi connectivity index (χ4n) is 3.73. The van der Waals surface area contributed by atoms with Gasteiger partial charge in [0.1, 0.15) is 28.8 Å². The first-order valence-electron chi connectivity index (χ1n) is 9.98. The zero-order valence-electron chi connectivity index (χ0n) is 17.7. The molecule has 0 unspecified atom stereocenters. The van der Waals surface area contributed by atoms with Crippen LogP contribution < -0.4 is 14.2 Å². The van der Waals surface area contributed by atoms with E-state index in [4.69, 9.17) is 25.8 Å². The van der Waals surface area contributed by atoms with Crippen LogP contribution in [-0.4, -0.2) is 70.5 Å². The molecule has 170 valence electrons. The predicted molar refractivity (Wildman–Crippen MR) is 120 cm³/mol. The van der Waals surface area contributed by atoms with Crippen LogP contribution in [0.3, 0.4) is 0 Å². The summed E-state index contributed by atoms with van der Waals surface area (Å²) in [5.41, 5.74) is 1.25. The maximum Gasteiger partial charge on any atom is 0.253 e. The van der Waals surface area contributed by atoms with Crippen LogP contribution in [-0.2, 0) is 14.8 Å². The molecule has 1 saturated heterocycles. The normalized spacial score (nSPS) is 16.6. The molecule has 0 saturated carbocycles. The second-order valence-corrected chi connectivity index (χ2v) is 9.70. The molecule has 10 heteroatoms.